The lowest BCUT2D eigenvalue weighted by molar-refractivity contribution is -0.122. The Morgan fingerprint density at radius 3 is 2.29 bits per heavy atom. The largest absolute Gasteiger partial charge is 0.298 e. The molecular weight excluding hydrogens is 432 g/mol. The summed E-state index contributed by atoms with van der Waals surface area (Å²) in [4.78, 5) is 39.3. The van der Waals surface area contributed by atoms with Gasteiger partial charge in [0.1, 0.15) is 5.57 Å². The maximum Gasteiger partial charge on any atom is 0.270 e. The van der Waals surface area contributed by atoms with Crippen LogP contribution in [0.15, 0.2) is 60.2 Å². The van der Waals surface area contributed by atoms with E-state index in [0.717, 1.165) is 6.08 Å². The monoisotopic (exact) mass is 452 g/mol. The highest BCUT2D eigenvalue weighted by atomic mass is 35.5. The SMILES string of the molecule is O=C1NC(=S)N(c2ccc(Cl)cc2)C(=O)/C1=C\C(=O)c1ccc(C2CCCCC2)cc1. The van der Waals surface area contributed by atoms with Gasteiger partial charge in [0.15, 0.2) is 10.9 Å². The molecule has 1 saturated heterocycles. The van der Waals surface area contributed by atoms with E-state index in [1.807, 2.05) is 12.1 Å². The molecule has 1 N–H and O–H groups in total. The first-order chi connectivity index (χ1) is 14.9. The quantitative estimate of drug-likeness (QED) is 0.308. The van der Waals surface area contributed by atoms with Crippen LogP contribution in [0.5, 0.6) is 0 Å². The van der Waals surface area contributed by atoms with E-state index in [1.165, 1.54) is 42.6 Å². The predicted octanol–water partition coefficient (Wildman–Crippen LogP) is 4.94. The Labute approximate surface area is 191 Å². The van der Waals surface area contributed by atoms with E-state index in [-0.39, 0.29) is 10.7 Å². The summed E-state index contributed by atoms with van der Waals surface area (Å²) in [5.74, 6) is -1.20. The fraction of sp³-hybridized carbons (Fsp3) is 0.250. The molecule has 1 aliphatic heterocycles. The van der Waals surface area contributed by atoms with Gasteiger partial charge in [0.25, 0.3) is 11.8 Å². The minimum absolute atomic E-state index is 0.0428. The maximum absolute atomic E-state index is 13.0. The number of rotatable bonds is 4. The van der Waals surface area contributed by atoms with Crippen LogP contribution in [-0.2, 0) is 9.59 Å². The number of thiocarbonyl (C=S) groups is 1. The highest BCUT2D eigenvalue weighted by Crippen LogP contribution is 2.32. The van der Waals surface area contributed by atoms with E-state index >= 15 is 0 Å². The molecule has 1 heterocycles. The highest BCUT2D eigenvalue weighted by Gasteiger charge is 2.35. The third kappa shape index (κ3) is 4.60. The van der Waals surface area contributed by atoms with Crippen LogP contribution < -0.4 is 10.2 Å². The van der Waals surface area contributed by atoms with Gasteiger partial charge in [0.05, 0.1) is 5.69 Å². The highest BCUT2D eigenvalue weighted by molar-refractivity contribution is 7.80. The van der Waals surface area contributed by atoms with Crippen molar-refractivity contribution < 1.29 is 14.4 Å². The van der Waals surface area contributed by atoms with E-state index in [2.05, 4.69) is 5.32 Å². The molecule has 0 atom stereocenters. The Bertz CT molecular complexity index is 1070. The van der Waals surface area contributed by atoms with Gasteiger partial charge in [-0.3, -0.25) is 24.6 Å². The number of carbonyl (C=O) groups excluding carboxylic acids is 3. The summed E-state index contributed by atoms with van der Waals surface area (Å²) in [6.45, 7) is 0. The lowest BCUT2D eigenvalue weighted by Crippen LogP contribution is -2.54. The Hall–Kier alpha value is -2.83. The van der Waals surface area contributed by atoms with Crippen LogP contribution in [0.4, 0.5) is 5.69 Å². The van der Waals surface area contributed by atoms with Crippen molar-refractivity contribution in [3.05, 3.63) is 76.3 Å². The number of carbonyl (C=O) groups is 3. The Kier molecular flexibility index (Phi) is 6.30. The number of benzene rings is 2. The van der Waals surface area contributed by atoms with E-state index in [0.29, 0.717) is 22.2 Å². The molecular formula is C24H21ClN2O3S. The topological polar surface area (TPSA) is 66.5 Å². The zero-order chi connectivity index (χ0) is 22.0. The molecule has 0 aromatic heterocycles. The number of amides is 2. The van der Waals surface area contributed by atoms with Crippen molar-refractivity contribution in [2.24, 2.45) is 0 Å². The molecule has 2 aliphatic rings. The zero-order valence-electron chi connectivity index (χ0n) is 16.8. The number of anilines is 1. The van der Waals surface area contributed by atoms with Crippen molar-refractivity contribution in [1.82, 2.24) is 5.32 Å². The number of hydrogen-bond donors (Lipinski definition) is 1. The van der Waals surface area contributed by atoms with Gasteiger partial charge in [-0.25, -0.2) is 0 Å². The summed E-state index contributed by atoms with van der Waals surface area (Å²) in [7, 11) is 0. The molecule has 158 valence electrons. The van der Waals surface area contributed by atoms with Gasteiger partial charge in [0.2, 0.25) is 0 Å². The van der Waals surface area contributed by atoms with Crippen molar-refractivity contribution in [3.8, 4) is 0 Å². The molecule has 31 heavy (non-hydrogen) atoms. The van der Waals surface area contributed by atoms with Crippen LogP contribution in [-0.4, -0.2) is 22.7 Å². The second-order valence-corrected chi connectivity index (χ2v) is 8.58. The van der Waals surface area contributed by atoms with Gasteiger partial charge in [-0.05, 0) is 60.8 Å². The first-order valence-electron chi connectivity index (χ1n) is 10.3. The molecule has 2 amide bonds. The summed E-state index contributed by atoms with van der Waals surface area (Å²) in [5.41, 5.74) is 1.85. The minimum Gasteiger partial charge on any atom is -0.298 e. The van der Waals surface area contributed by atoms with Gasteiger partial charge in [-0.15, -0.1) is 0 Å². The molecule has 2 fully saturated rings. The van der Waals surface area contributed by atoms with Crippen molar-refractivity contribution in [1.29, 1.82) is 0 Å². The van der Waals surface area contributed by atoms with Gasteiger partial charge in [-0.1, -0.05) is 55.1 Å². The van der Waals surface area contributed by atoms with E-state index in [4.69, 9.17) is 23.8 Å². The van der Waals surface area contributed by atoms with E-state index in [9.17, 15) is 14.4 Å². The third-order valence-corrected chi connectivity index (χ3v) is 6.27. The Morgan fingerprint density at radius 1 is 1.00 bits per heavy atom. The van der Waals surface area contributed by atoms with Crippen LogP contribution in [0.1, 0.15) is 53.9 Å². The smallest absolute Gasteiger partial charge is 0.270 e. The molecule has 5 nitrogen and oxygen atoms in total. The molecule has 4 rings (SSSR count). The third-order valence-electron chi connectivity index (χ3n) is 5.73. The summed E-state index contributed by atoms with van der Waals surface area (Å²) < 4.78 is 0. The lowest BCUT2D eigenvalue weighted by atomic mass is 9.84. The average molecular weight is 453 g/mol. The molecule has 2 aromatic carbocycles. The second-order valence-electron chi connectivity index (χ2n) is 7.76. The minimum atomic E-state index is -0.688. The van der Waals surface area contributed by atoms with E-state index < -0.39 is 17.6 Å². The molecule has 0 spiro atoms. The first-order valence-corrected chi connectivity index (χ1v) is 11.0. The van der Waals surface area contributed by atoms with Crippen LogP contribution in [0.2, 0.25) is 5.02 Å². The van der Waals surface area contributed by atoms with E-state index in [1.54, 1.807) is 36.4 Å². The molecule has 0 radical (unpaired) electrons. The maximum atomic E-state index is 13.0. The number of halogens is 1. The first kappa shape index (κ1) is 21.4. The summed E-state index contributed by atoms with van der Waals surface area (Å²) in [6.07, 6.45) is 7.19. The second kappa shape index (κ2) is 9.12. The Balaban J connectivity index is 1.56. The molecule has 2 aromatic rings. The number of nitrogens with zero attached hydrogens (tertiary/aromatic N) is 1. The number of allylic oxidation sites excluding steroid dienone is 1. The van der Waals surface area contributed by atoms with Crippen molar-refractivity contribution in [2.45, 2.75) is 38.0 Å². The van der Waals surface area contributed by atoms with Gasteiger partial charge < -0.3 is 0 Å². The molecule has 0 bridgehead atoms. The van der Waals surface area contributed by atoms with Gasteiger partial charge >= 0.3 is 0 Å². The molecule has 1 saturated carbocycles. The fourth-order valence-corrected chi connectivity index (χ4v) is 4.46. The summed E-state index contributed by atoms with van der Waals surface area (Å²) in [5, 5.41) is 2.94. The number of ketones is 1. The fourth-order valence-electron chi connectivity index (χ4n) is 4.05. The van der Waals surface area contributed by atoms with Gasteiger partial charge in [0, 0.05) is 16.7 Å². The standard InChI is InChI=1S/C24H21ClN2O3S/c25-18-10-12-19(13-11-18)27-23(30)20(22(29)26-24(27)31)14-21(28)17-8-6-16(7-9-17)15-4-2-1-3-5-15/h6-15H,1-5H2,(H,26,29,31)/b20-14-. The summed E-state index contributed by atoms with van der Waals surface area (Å²) >= 11 is 11.1. The average Bonchev–Trinajstić information content (AvgIpc) is 2.78. The van der Waals surface area contributed by atoms with Gasteiger partial charge in [-0.2, -0.15) is 0 Å². The molecule has 1 aliphatic carbocycles. The lowest BCUT2D eigenvalue weighted by Gasteiger charge is -2.28. The predicted molar refractivity (Wildman–Crippen MR) is 124 cm³/mol. The van der Waals surface area contributed by atoms with Crippen molar-refractivity contribution in [3.63, 3.8) is 0 Å². The molecule has 0 unspecified atom stereocenters. The summed E-state index contributed by atoms with van der Waals surface area (Å²) in [6, 6.07) is 13.9. The van der Waals surface area contributed by atoms with Crippen molar-refractivity contribution in [2.75, 3.05) is 4.90 Å². The van der Waals surface area contributed by atoms with Crippen LogP contribution >= 0.6 is 23.8 Å². The van der Waals surface area contributed by atoms with Crippen LogP contribution in [0, 0.1) is 0 Å². The zero-order valence-corrected chi connectivity index (χ0v) is 18.3. The normalized spacial score (nSPS) is 18.9. The Morgan fingerprint density at radius 2 is 1.65 bits per heavy atom. The van der Waals surface area contributed by atoms with Crippen LogP contribution in [0.25, 0.3) is 0 Å². The van der Waals surface area contributed by atoms with Crippen molar-refractivity contribution >= 4 is 52.2 Å². The van der Waals surface area contributed by atoms with Crippen LogP contribution in [0.3, 0.4) is 0 Å². The number of hydrogen-bond acceptors (Lipinski definition) is 4. The molecule has 7 heteroatoms. The number of nitrogens with one attached hydrogen (secondary N) is 1.